The third kappa shape index (κ3) is 1.72. The summed E-state index contributed by atoms with van der Waals surface area (Å²) in [5.74, 6) is 1.90. The minimum atomic E-state index is 0.935. The van der Waals surface area contributed by atoms with Crippen LogP contribution in [0.4, 0.5) is 0 Å². The molecule has 1 aromatic carbocycles. The summed E-state index contributed by atoms with van der Waals surface area (Å²) in [7, 11) is 3.42. The van der Waals surface area contributed by atoms with Gasteiger partial charge in [0.1, 0.15) is 11.5 Å². The topological polar surface area (TPSA) is 18.5 Å². The summed E-state index contributed by atoms with van der Waals surface area (Å²) in [5, 5.41) is 0. The fourth-order valence-electron chi connectivity index (χ4n) is 2.05. The van der Waals surface area contributed by atoms with Crippen molar-refractivity contribution in [1.29, 1.82) is 0 Å². The second-order valence-corrected chi connectivity index (χ2v) is 3.85. The molecule has 0 saturated carbocycles. The van der Waals surface area contributed by atoms with Gasteiger partial charge in [-0.15, -0.1) is 0 Å². The van der Waals surface area contributed by atoms with E-state index < -0.39 is 0 Å². The van der Waals surface area contributed by atoms with Crippen molar-refractivity contribution in [2.45, 2.75) is 19.8 Å². The van der Waals surface area contributed by atoms with Gasteiger partial charge in [-0.3, -0.25) is 0 Å². The predicted molar refractivity (Wildman–Crippen MR) is 61.5 cm³/mol. The van der Waals surface area contributed by atoms with Crippen LogP contribution in [0.15, 0.2) is 17.7 Å². The standard InChI is InChI=1S/C13H16O2/c1-9-4-5-10-11(8-9)13(15-3)7-6-12(10)14-2/h6-8H,4-5H2,1-3H3. The summed E-state index contributed by atoms with van der Waals surface area (Å²) in [6, 6.07) is 3.94. The number of ether oxygens (including phenoxy) is 2. The van der Waals surface area contributed by atoms with E-state index in [1.165, 1.54) is 16.7 Å². The van der Waals surface area contributed by atoms with Crippen LogP contribution < -0.4 is 9.47 Å². The van der Waals surface area contributed by atoms with Crippen molar-refractivity contribution in [2.24, 2.45) is 0 Å². The maximum atomic E-state index is 5.36. The van der Waals surface area contributed by atoms with Crippen LogP contribution in [0, 0.1) is 0 Å². The van der Waals surface area contributed by atoms with Crippen molar-refractivity contribution in [1.82, 2.24) is 0 Å². The van der Waals surface area contributed by atoms with E-state index in [0.717, 1.165) is 24.3 Å². The summed E-state index contributed by atoms with van der Waals surface area (Å²) in [5.41, 5.74) is 3.84. The molecule has 2 rings (SSSR count). The van der Waals surface area contributed by atoms with Crippen molar-refractivity contribution in [2.75, 3.05) is 14.2 Å². The Kier molecular flexibility index (Phi) is 2.67. The van der Waals surface area contributed by atoms with Gasteiger partial charge in [-0.25, -0.2) is 0 Å². The Hall–Kier alpha value is -1.44. The molecule has 1 aliphatic rings. The molecule has 15 heavy (non-hydrogen) atoms. The molecule has 0 aromatic heterocycles. The average molecular weight is 204 g/mol. The normalized spacial score (nSPS) is 14.2. The lowest BCUT2D eigenvalue weighted by Crippen LogP contribution is -2.03. The summed E-state index contributed by atoms with van der Waals surface area (Å²) in [4.78, 5) is 0. The number of rotatable bonds is 2. The highest BCUT2D eigenvalue weighted by Gasteiger charge is 2.16. The quantitative estimate of drug-likeness (QED) is 0.737. The van der Waals surface area contributed by atoms with E-state index in [-0.39, 0.29) is 0 Å². The maximum absolute atomic E-state index is 5.36. The minimum Gasteiger partial charge on any atom is -0.496 e. The minimum absolute atomic E-state index is 0.935. The molecule has 0 spiro atoms. The number of hydrogen-bond acceptors (Lipinski definition) is 2. The Morgan fingerprint density at radius 2 is 1.67 bits per heavy atom. The summed E-state index contributed by atoms with van der Waals surface area (Å²) in [6.07, 6.45) is 4.34. The van der Waals surface area contributed by atoms with Gasteiger partial charge in [-0.2, -0.15) is 0 Å². The first-order chi connectivity index (χ1) is 7.26. The maximum Gasteiger partial charge on any atom is 0.126 e. The molecule has 2 nitrogen and oxygen atoms in total. The van der Waals surface area contributed by atoms with Gasteiger partial charge in [0.05, 0.1) is 14.2 Å². The molecular weight excluding hydrogens is 188 g/mol. The van der Waals surface area contributed by atoms with E-state index in [9.17, 15) is 0 Å². The van der Waals surface area contributed by atoms with Crippen molar-refractivity contribution in [3.05, 3.63) is 28.8 Å². The summed E-state index contributed by atoms with van der Waals surface area (Å²) >= 11 is 0. The average Bonchev–Trinajstić information content (AvgIpc) is 2.27. The largest absolute Gasteiger partial charge is 0.496 e. The Balaban J connectivity index is 2.60. The second kappa shape index (κ2) is 3.97. The molecule has 0 radical (unpaired) electrons. The summed E-state index contributed by atoms with van der Waals surface area (Å²) in [6.45, 7) is 2.15. The van der Waals surface area contributed by atoms with Gasteiger partial charge in [0.15, 0.2) is 0 Å². The van der Waals surface area contributed by atoms with Crippen molar-refractivity contribution < 1.29 is 9.47 Å². The van der Waals surface area contributed by atoms with Crippen LogP contribution in [0.3, 0.4) is 0 Å². The van der Waals surface area contributed by atoms with Gasteiger partial charge >= 0.3 is 0 Å². The van der Waals surface area contributed by atoms with Crippen LogP contribution in [0.5, 0.6) is 11.5 Å². The lowest BCUT2D eigenvalue weighted by Gasteiger charge is -2.19. The highest BCUT2D eigenvalue weighted by atomic mass is 16.5. The van der Waals surface area contributed by atoms with Crippen molar-refractivity contribution in [3.8, 4) is 11.5 Å². The van der Waals surface area contributed by atoms with Crippen molar-refractivity contribution >= 4 is 6.08 Å². The predicted octanol–water partition coefficient (Wildman–Crippen LogP) is 3.05. The third-order valence-corrected chi connectivity index (χ3v) is 2.87. The second-order valence-electron chi connectivity index (χ2n) is 3.85. The van der Waals surface area contributed by atoms with Crippen LogP contribution in [0.2, 0.25) is 0 Å². The molecule has 1 aromatic rings. The van der Waals surface area contributed by atoms with Gasteiger partial charge < -0.3 is 9.47 Å². The molecule has 0 saturated heterocycles. The molecule has 0 bridgehead atoms. The van der Waals surface area contributed by atoms with Crippen LogP contribution in [0.1, 0.15) is 24.5 Å². The Bertz CT molecular complexity index is 405. The molecule has 0 unspecified atom stereocenters. The molecule has 2 heteroatoms. The van der Waals surface area contributed by atoms with Gasteiger partial charge in [0.25, 0.3) is 0 Å². The zero-order valence-electron chi connectivity index (χ0n) is 9.46. The van der Waals surface area contributed by atoms with Crippen LogP contribution in [0.25, 0.3) is 6.08 Å². The fraction of sp³-hybridized carbons (Fsp3) is 0.385. The third-order valence-electron chi connectivity index (χ3n) is 2.87. The van der Waals surface area contributed by atoms with Gasteiger partial charge in [-0.1, -0.05) is 11.6 Å². The number of allylic oxidation sites excluding steroid dienone is 1. The molecule has 0 N–H and O–H groups in total. The first-order valence-electron chi connectivity index (χ1n) is 5.17. The number of fused-ring (bicyclic) bond motifs is 1. The van der Waals surface area contributed by atoms with E-state index in [1.54, 1.807) is 14.2 Å². The molecular formula is C13H16O2. The van der Waals surface area contributed by atoms with Gasteiger partial charge in [0, 0.05) is 11.1 Å². The Labute approximate surface area is 90.5 Å². The van der Waals surface area contributed by atoms with E-state index in [2.05, 4.69) is 13.0 Å². The van der Waals surface area contributed by atoms with Gasteiger partial charge in [0.2, 0.25) is 0 Å². The van der Waals surface area contributed by atoms with Crippen LogP contribution >= 0.6 is 0 Å². The van der Waals surface area contributed by atoms with E-state index in [4.69, 9.17) is 9.47 Å². The molecule has 0 heterocycles. The highest BCUT2D eigenvalue weighted by molar-refractivity contribution is 5.68. The highest BCUT2D eigenvalue weighted by Crippen LogP contribution is 2.36. The lowest BCUT2D eigenvalue weighted by atomic mass is 9.91. The Morgan fingerprint density at radius 3 is 2.33 bits per heavy atom. The first kappa shape index (κ1) is 10.1. The molecule has 0 aliphatic heterocycles. The zero-order chi connectivity index (χ0) is 10.8. The molecule has 0 amide bonds. The summed E-state index contributed by atoms with van der Waals surface area (Å²) < 4.78 is 10.7. The van der Waals surface area contributed by atoms with Crippen molar-refractivity contribution in [3.63, 3.8) is 0 Å². The smallest absolute Gasteiger partial charge is 0.126 e. The van der Waals surface area contributed by atoms with E-state index >= 15 is 0 Å². The molecule has 80 valence electrons. The fourth-order valence-corrected chi connectivity index (χ4v) is 2.05. The zero-order valence-corrected chi connectivity index (χ0v) is 9.46. The van der Waals surface area contributed by atoms with E-state index in [1.807, 2.05) is 12.1 Å². The monoisotopic (exact) mass is 204 g/mol. The van der Waals surface area contributed by atoms with E-state index in [0.29, 0.717) is 0 Å². The number of methoxy groups -OCH3 is 2. The van der Waals surface area contributed by atoms with Gasteiger partial charge in [-0.05, 0) is 31.9 Å². The molecule has 0 atom stereocenters. The lowest BCUT2D eigenvalue weighted by molar-refractivity contribution is 0.397. The Morgan fingerprint density at radius 1 is 1.00 bits per heavy atom. The van der Waals surface area contributed by atoms with Crippen LogP contribution in [-0.4, -0.2) is 14.2 Å². The number of hydrogen-bond donors (Lipinski definition) is 0. The first-order valence-corrected chi connectivity index (χ1v) is 5.17. The molecule has 1 aliphatic carbocycles. The molecule has 0 fully saturated rings. The number of benzene rings is 1. The van der Waals surface area contributed by atoms with Crippen LogP contribution in [-0.2, 0) is 6.42 Å². The SMILES string of the molecule is COc1ccc(OC)c2c1C=C(C)CC2.